The zero-order valence-electron chi connectivity index (χ0n) is 12.5. The third-order valence-electron chi connectivity index (χ3n) is 4.01. The summed E-state index contributed by atoms with van der Waals surface area (Å²) in [7, 11) is 0. The van der Waals surface area contributed by atoms with Crippen LogP contribution in [0.4, 0.5) is 5.69 Å². The molecule has 0 saturated heterocycles. The van der Waals surface area contributed by atoms with E-state index in [1.54, 1.807) is 13.8 Å². The second-order valence-corrected chi connectivity index (χ2v) is 5.47. The fourth-order valence-electron chi connectivity index (χ4n) is 3.07. The van der Waals surface area contributed by atoms with Crippen LogP contribution in [-0.2, 0) is 9.59 Å². The molecular weight excluding hydrogens is 304 g/mol. The van der Waals surface area contributed by atoms with Crippen molar-refractivity contribution >= 4 is 17.6 Å². The van der Waals surface area contributed by atoms with Gasteiger partial charge in [-0.05, 0) is 19.4 Å². The summed E-state index contributed by atoms with van der Waals surface area (Å²) in [6.45, 7) is 3.20. The standard InChI is InChI=1S/C15H16N2O6/c1-7-11(14(18)19)13(12(15(20)21)8(2)16-7)9-4-3-5-10(6-9)17(22)23/h3-7,11,13,16H,1-2H3,(H,18,19)(H,20,21). The molecule has 1 aromatic rings. The lowest BCUT2D eigenvalue weighted by molar-refractivity contribution is -0.384. The van der Waals surface area contributed by atoms with Crippen molar-refractivity contribution in [1.29, 1.82) is 0 Å². The van der Waals surface area contributed by atoms with E-state index < -0.39 is 34.7 Å². The van der Waals surface area contributed by atoms with Crippen LogP contribution < -0.4 is 5.32 Å². The smallest absolute Gasteiger partial charge is 0.333 e. The van der Waals surface area contributed by atoms with Crippen LogP contribution in [0.1, 0.15) is 25.3 Å². The van der Waals surface area contributed by atoms with Gasteiger partial charge in [-0.15, -0.1) is 0 Å². The van der Waals surface area contributed by atoms with E-state index in [0.29, 0.717) is 11.3 Å². The van der Waals surface area contributed by atoms with E-state index in [0.717, 1.165) is 0 Å². The van der Waals surface area contributed by atoms with Gasteiger partial charge in [0.25, 0.3) is 5.69 Å². The molecular formula is C15H16N2O6. The zero-order valence-corrected chi connectivity index (χ0v) is 12.5. The van der Waals surface area contributed by atoms with Crippen molar-refractivity contribution in [3.63, 3.8) is 0 Å². The molecule has 1 aliphatic heterocycles. The molecule has 8 nitrogen and oxygen atoms in total. The van der Waals surface area contributed by atoms with Gasteiger partial charge >= 0.3 is 11.9 Å². The maximum atomic E-state index is 11.7. The highest BCUT2D eigenvalue weighted by atomic mass is 16.6. The molecule has 0 fully saturated rings. The van der Waals surface area contributed by atoms with Crippen LogP contribution in [0, 0.1) is 16.0 Å². The molecule has 0 spiro atoms. The monoisotopic (exact) mass is 320 g/mol. The molecule has 1 heterocycles. The highest BCUT2D eigenvalue weighted by molar-refractivity contribution is 5.91. The maximum absolute atomic E-state index is 11.7. The number of nitrogens with one attached hydrogen (secondary N) is 1. The molecule has 0 bridgehead atoms. The van der Waals surface area contributed by atoms with Crippen LogP contribution in [-0.4, -0.2) is 33.1 Å². The summed E-state index contributed by atoms with van der Waals surface area (Å²) in [5, 5.41) is 32.8. The lowest BCUT2D eigenvalue weighted by Gasteiger charge is -2.36. The molecule has 0 aromatic heterocycles. The Morgan fingerprint density at radius 3 is 2.48 bits per heavy atom. The minimum absolute atomic E-state index is 0.0870. The number of allylic oxidation sites excluding steroid dienone is 1. The number of benzene rings is 1. The van der Waals surface area contributed by atoms with Crippen LogP contribution in [0.15, 0.2) is 35.5 Å². The van der Waals surface area contributed by atoms with Gasteiger partial charge in [-0.2, -0.15) is 0 Å². The molecule has 3 N–H and O–H groups in total. The molecule has 8 heteroatoms. The van der Waals surface area contributed by atoms with Gasteiger partial charge in [0, 0.05) is 29.8 Å². The Kier molecular flexibility index (Phi) is 4.35. The number of rotatable bonds is 4. The Morgan fingerprint density at radius 2 is 1.96 bits per heavy atom. The highest BCUT2D eigenvalue weighted by Crippen LogP contribution is 2.40. The number of non-ortho nitro benzene ring substituents is 1. The Labute approximate surface area is 131 Å². The van der Waals surface area contributed by atoms with Crippen molar-refractivity contribution in [1.82, 2.24) is 5.32 Å². The van der Waals surface area contributed by atoms with Crippen LogP contribution in [0.5, 0.6) is 0 Å². The Bertz CT molecular complexity index is 712. The fraction of sp³-hybridized carbons (Fsp3) is 0.333. The summed E-state index contributed by atoms with van der Waals surface area (Å²) in [5.74, 6) is -4.43. The molecule has 0 radical (unpaired) electrons. The molecule has 1 aromatic carbocycles. The molecule has 0 saturated carbocycles. The van der Waals surface area contributed by atoms with Crippen molar-refractivity contribution < 1.29 is 24.7 Å². The molecule has 23 heavy (non-hydrogen) atoms. The third-order valence-corrected chi connectivity index (χ3v) is 4.01. The van der Waals surface area contributed by atoms with Crippen LogP contribution in [0.25, 0.3) is 0 Å². The molecule has 0 aliphatic carbocycles. The third kappa shape index (κ3) is 3.01. The number of carboxylic acids is 2. The van der Waals surface area contributed by atoms with Gasteiger partial charge in [-0.3, -0.25) is 14.9 Å². The normalized spacial score (nSPS) is 24.0. The number of nitrogens with zero attached hydrogens (tertiary/aromatic N) is 1. The predicted molar refractivity (Wildman–Crippen MR) is 79.9 cm³/mol. The molecule has 1 aliphatic rings. The highest BCUT2D eigenvalue weighted by Gasteiger charge is 2.43. The van der Waals surface area contributed by atoms with Gasteiger partial charge in [0.05, 0.1) is 16.4 Å². The second-order valence-electron chi connectivity index (χ2n) is 5.47. The first-order valence-electron chi connectivity index (χ1n) is 6.91. The van der Waals surface area contributed by atoms with Gasteiger partial charge in [-0.25, -0.2) is 4.79 Å². The van der Waals surface area contributed by atoms with Gasteiger partial charge < -0.3 is 15.5 Å². The van der Waals surface area contributed by atoms with Crippen LogP contribution in [0.2, 0.25) is 0 Å². The summed E-state index contributed by atoms with van der Waals surface area (Å²) in [6.07, 6.45) is 0. The van der Waals surface area contributed by atoms with E-state index in [1.165, 1.54) is 24.3 Å². The lowest BCUT2D eigenvalue weighted by atomic mass is 9.74. The first kappa shape index (κ1) is 16.5. The van der Waals surface area contributed by atoms with E-state index in [1.807, 2.05) is 0 Å². The molecule has 3 atom stereocenters. The van der Waals surface area contributed by atoms with Crippen molar-refractivity contribution in [2.75, 3.05) is 0 Å². The first-order valence-corrected chi connectivity index (χ1v) is 6.91. The lowest BCUT2D eigenvalue weighted by Crippen LogP contribution is -2.46. The van der Waals surface area contributed by atoms with E-state index in [9.17, 15) is 29.9 Å². The maximum Gasteiger partial charge on any atom is 0.333 e. The minimum atomic E-state index is -1.25. The number of carboxylic acid groups (broad SMARTS) is 2. The number of hydrogen-bond donors (Lipinski definition) is 3. The van der Waals surface area contributed by atoms with Crippen molar-refractivity contribution in [2.24, 2.45) is 5.92 Å². The van der Waals surface area contributed by atoms with Crippen molar-refractivity contribution in [2.45, 2.75) is 25.8 Å². The largest absolute Gasteiger partial charge is 0.481 e. The van der Waals surface area contributed by atoms with E-state index >= 15 is 0 Å². The average Bonchev–Trinajstić information content (AvgIpc) is 2.45. The van der Waals surface area contributed by atoms with Gasteiger partial charge in [-0.1, -0.05) is 12.1 Å². The van der Waals surface area contributed by atoms with Gasteiger partial charge in [0.2, 0.25) is 0 Å². The Hall–Kier alpha value is -2.90. The SMILES string of the molecule is CC1=C(C(=O)O)C(c2cccc([N+](=O)[O-])c2)C(C(=O)O)C(C)N1. The van der Waals surface area contributed by atoms with Crippen LogP contribution >= 0.6 is 0 Å². The predicted octanol–water partition coefficient (Wildman–Crippen LogP) is 1.73. The first-order chi connectivity index (χ1) is 10.7. The van der Waals surface area contributed by atoms with Gasteiger partial charge in [0.15, 0.2) is 0 Å². The number of hydrogen-bond acceptors (Lipinski definition) is 5. The van der Waals surface area contributed by atoms with Crippen molar-refractivity contribution in [3.05, 3.63) is 51.2 Å². The summed E-state index contributed by atoms with van der Waals surface area (Å²) in [6, 6.07) is 4.94. The summed E-state index contributed by atoms with van der Waals surface area (Å²) < 4.78 is 0. The zero-order chi connectivity index (χ0) is 17.3. The molecule has 2 rings (SSSR count). The van der Waals surface area contributed by atoms with E-state index in [2.05, 4.69) is 5.32 Å². The Morgan fingerprint density at radius 1 is 1.30 bits per heavy atom. The minimum Gasteiger partial charge on any atom is -0.481 e. The second kappa shape index (κ2) is 6.07. The number of carbonyl (C=O) groups is 2. The Balaban J connectivity index is 2.67. The number of nitro groups is 1. The quantitative estimate of drug-likeness (QED) is 0.569. The summed E-state index contributed by atoms with van der Waals surface area (Å²) in [5.41, 5.74) is 0.368. The van der Waals surface area contributed by atoms with E-state index in [-0.39, 0.29) is 11.3 Å². The van der Waals surface area contributed by atoms with Gasteiger partial charge in [0.1, 0.15) is 0 Å². The number of aliphatic carboxylic acids is 2. The van der Waals surface area contributed by atoms with E-state index in [4.69, 9.17) is 0 Å². The average molecular weight is 320 g/mol. The van der Waals surface area contributed by atoms with Crippen LogP contribution in [0.3, 0.4) is 0 Å². The fourth-order valence-corrected chi connectivity index (χ4v) is 3.07. The number of nitro benzene ring substituents is 1. The molecule has 3 unspecified atom stereocenters. The summed E-state index contributed by atoms with van der Waals surface area (Å²) in [4.78, 5) is 33.6. The van der Waals surface area contributed by atoms with Crippen molar-refractivity contribution in [3.8, 4) is 0 Å². The molecule has 122 valence electrons. The molecule has 0 amide bonds. The summed E-state index contributed by atoms with van der Waals surface area (Å²) >= 11 is 0. The topological polar surface area (TPSA) is 130 Å².